The van der Waals surface area contributed by atoms with Gasteiger partial charge in [0.15, 0.2) is 17.5 Å². The fourth-order valence-corrected chi connectivity index (χ4v) is 2.36. The summed E-state index contributed by atoms with van der Waals surface area (Å²) < 4.78 is 39.1. The molecule has 104 valence electrons. The van der Waals surface area contributed by atoms with Crippen molar-refractivity contribution in [2.45, 2.75) is 25.3 Å². The molecule has 0 saturated carbocycles. The monoisotopic (exact) mass is 272 g/mol. The number of benzene rings is 1. The van der Waals surface area contributed by atoms with Crippen LogP contribution in [0.25, 0.3) is 0 Å². The van der Waals surface area contributed by atoms with Crippen LogP contribution in [-0.2, 0) is 0 Å². The third-order valence-corrected chi connectivity index (χ3v) is 3.39. The molecular weight excluding hydrogens is 257 g/mol. The molecule has 1 atom stereocenters. The van der Waals surface area contributed by atoms with Gasteiger partial charge in [0.2, 0.25) is 0 Å². The summed E-state index contributed by atoms with van der Waals surface area (Å²) in [6, 6.07) is 1.32. The van der Waals surface area contributed by atoms with Crippen LogP contribution in [0.1, 0.15) is 29.6 Å². The second kappa shape index (κ2) is 5.61. The minimum atomic E-state index is -1.56. The molecule has 0 unspecified atom stereocenters. The van der Waals surface area contributed by atoms with Crippen LogP contribution in [0.4, 0.5) is 13.2 Å². The summed E-state index contributed by atoms with van der Waals surface area (Å²) in [4.78, 5) is 13.7. The van der Waals surface area contributed by atoms with Gasteiger partial charge in [0.25, 0.3) is 5.91 Å². The summed E-state index contributed by atoms with van der Waals surface area (Å²) in [6.45, 7) is 0.805. The smallest absolute Gasteiger partial charge is 0.254 e. The average Bonchev–Trinajstić information content (AvgIpc) is 2.43. The molecule has 0 radical (unpaired) electrons. The van der Waals surface area contributed by atoms with Crippen LogP contribution in [0, 0.1) is 17.5 Å². The van der Waals surface area contributed by atoms with Crippen molar-refractivity contribution in [1.29, 1.82) is 0 Å². The maximum absolute atomic E-state index is 13.1. The van der Waals surface area contributed by atoms with Gasteiger partial charge in [-0.15, -0.1) is 0 Å². The molecule has 6 heteroatoms. The highest BCUT2D eigenvalue weighted by Crippen LogP contribution is 2.21. The number of hydrogen-bond acceptors (Lipinski definition) is 2. The highest BCUT2D eigenvalue weighted by atomic mass is 19.2. The summed E-state index contributed by atoms with van der Waals surface area (Å²) in [5, 5.41) is 0. The largest absolute Gasteiger partial charge is 0.334 e. The van der Waals surface area contributed by atoms with Crippen LogP contribution in [0.15, 0.2) is 12.1 Å². The minimum absolute atomic E-state index is 0.127. The lowest BCUT2D eigenvalue weighted by molar-refractivity contribution is 0.0622. The van der Waals surface area contributed by atoms with Crippen LogP contribution in [0.2, 0.25) is 0 Å². The van der Waals surface area contributed by atoms with Gasteiger partial charge in [0.05, 0.1) is 0 Å². The fraction of sp³-hybridized carbons (Fsp3) is 0.462. The van der Waals surface area contributed by atoms with E-state index in [1.807, 2.05) is 0 Å². The predicted molar refractivity (Wildman–Crippen MR) is 64.0 cm³/mol. The molecule has 1 aromatic carbocycles. The molecule has 1 heterocycles. The summed E-state index contributed by atoms with van der Waals surface area (Å²) in [5.74, 6) is -4.78. The molecule has 2 rings (SSSR count). The van der Waals surface area contributed by atoms with Crippen molar-refractivity contribution >= 4 is 5.91 Å². The third kappa shape index (κ3) is 2.73. The van der Waals surface area contributed by atoms with E-state index in [4.69, 9.17) is 5.73 Å². The Kier molecular flexibility index (Phi) is 4.09. The number of carbonyl (C=O) groups is 1. The molecule has 19 heavy (non-hydrogen) atoms. The van der Waals surface area contributed by atoms with E-state index in [-0.39, 0.29) is 11.6 Å². The Morgan fingerprint density at radius 3 is 2.47 bits per heavy atom. The first-order valence-electron chi connectivity index (χ1n) is 6.20. The number of amides is 1. The van der Waals surface area contributed by atoms with Crippen LogP contribution < -0.4 is 5.73 Å². The molecule has 0 aliphatic carbocycles. The molecule has 1 fully saturated rings. The molecule has 0 bridgehead atoms. The Morgan fingerprint density at radius 2 is 1.89 bits per heavy atom. The topological polar surface area (TPSA) is 46.3 Å². The minimum Gasteiger partial charge on any atom is -0.334 e. The first kappa shape index (κ1) is 13.9. The van der Waals surface area contributed by atoms with Crippen LogP contribution in [-0.4, -0.2) is 29.9 Å². The number of piperidine rings is 1. The Morgan fingerprint density at radius 1 is 1.26 bits per heavy atom. The lowest BCUT2D eigenvalue weighted by atomic mass is 10.0. The molecule has 1 amide bonds. The molecular formula is C13H15F3N2O. The molecule has 0 spiro atoms. The number of rotatable bonds is 2. The maximum Gasteiger partial charge on any atom is 0.254 e. The SMILES string of the molecule is NC[C@@H]1CCCCN1C(=O)c1cc(F)c(F)c(F)c1. The number of likely N-dealkylation sites (tertiary alicyclic amines) is 1. The van der Waals surface area contributed by atoms with Crippen molar-refractivity contribution in [3.8, 4) is 0 Å². The maximum atomic E-state index is 13.1. The van der Waals surface area contributed by atoms with E-state index in [1.54, 1.807) is 0 Å². The van der Waals surface area contributed by atoms with Gasteiger partial charge in [-0.1, -0.05) is 0 Å². The Hall–Kier alpha value is -1.56. The number of nitrogens with zero attached hydrogens (tertiary/aromatic N) is 1. The summed E-state index contributed by atoms with van der Waals surface area (Å²) in [6.07, 6.45) is 2.57. The normalized spacial score (nSPS) is 19.6. The van der Waals surface area contributed by atoms with Crippen molar-refractivity contribution < 1.29 is 18.0 Å². The quantitative estimate of drug-likeness (QED) is 0.838. The van der Waals surface area contributed by atoms with Crippen molar-refractivity contribution in [2.24, 2.45) is 5.73 Å². The first-order chi connectivity index (χ1) is 9.04. The van der Waals surface area contributed by atoms with E-state index in [9.17, 15) is 18.0 Å². The Balaban J connectivity index is 2.28. The molecule has 0 aromatic heterocycles. The third-order valence-electron chi connectivity index (χ3n) is 3.39. The zero-order valence-corrected chi connectivity index (χ0v) is 10.3. The highest BCUT2D eigenvalue weighted by molar-refractivity contribution is 5.94. The summed E-state index contributed by atoms with van der Waals surface area (Å²) in [5.41, 5.74) is 5.41. The Bertz CT molecular complexity index is 470. The zero-order chi connectivity index (χ0) is 14.0. The van der Waals surface area contributed by atoms with Crippen molar-refractivity contribution in [1.82, 2.24) is 4.90 Å². The van der Waals surface area contributed by atoms with Gasteiger partial charge in [-0.25, -0.2) is 13.2 Å². The van der Waals surface area contributed by atoms with Gasteiger partial charge in [0, 0.05) is 24.7 Å². The van der Waals surface area contributed by atoms with Gasteiger partial charge in [-0.05, 0) is 31.4 Å². The van der Waals surface area contributed by atoms with E-state index < -0.39 is 23.4 Å². The number of nitrogens with two attached hydrogens (primary N) is 1. The number of halogens is 3. The van der Waals surface area contributed by atoms with Gasteiger partial charge in [-0.2, -0.15) is 0 Å². The number of carbonyl (C=O) groups excluding carboxylic acids is 1. The summed E-state index contributed by atoms with van der Waals surface area (Å²) in [7, 11) is 0. The molecule has 1 aliphatic heterocycles. The second-order valence-electron chi connectivity index (χ2n) is 4.64. The average molecular weight is 272 g/mol. The van der Waals surface area contributed by atoms with E-state index >= 15 is 0 Å². The van der Waals surface area contributed by atoms with Gasteiger partial charge in [0.1, 0.15) is 0 Å². The molecule has 1 saturated heterocycles. The van der Waals surface area contributed by atoms with Crippen LogP contribution >= 0.6 is 0 Å². The van der Waals surface area contributed by atoms with E-state index in [2.05, 4.69) is 0 Å². The van der Waals surface area contributed by atoms with Crippen LogP contribution in [0.5, 0.6) is 0 Å². The Labute approximate surface area is 109 Å². The van der Waals surface area contributed by atoms with Gasteiger partial charge < -0.3 is 10.6 Å². The lowest BCUT2D eigenvalue weighted by Gasteiger charge is -2.35. The lowest BCUT2D eigenvalue weighted by Crippen LogP contribution is -2.47. The van der Waals surface area contributed by atoms with Gasteiger partial charge >= 0.3 is 0 Å². The highest BCUT2D eigenvalue weighted by Gasteiger charge is 2.27. The molecule has 1 aliphatic rings. The van der Waals surface area contributed by atoms with Crippen LogP contribution in [0.3, 0.4) is 0 Å². The van der Waals surface area contributed by atoms with E-state index in [0.29, 0.717) is 13.1 Å². The standard InChI is InChI=1S/C13H15F3N2O/c14-10-5-8(6-11(15)12(10)16)13(19)18-4-2-1-3-9(18)7-17/h5-6,9H,1-4,7,17H2/t9-/m0/s1. The first-order valence-corrected chi connectivity index (χ1v) is 6.20. The predicted octanol–water partition coefficient (Wildman–Crippen LogP) is 2.06. The van der Waals surface area contributed by atoms with Crippen molar-refractivity contribution in [2.75, 3.05) is 13.1 Å². The van der Waals surface area contributed by atoms with Crippen molar-refractivity contribution in [3.05, 3.63) is 35.1 Å². The number of hydrogen-bond donors (Lipinski definition) is 1. The van der Waals surface area contributed by atoms with Crippen molar-refractivity contribution in [3.63, 3.8) is 0 Å². The zero-order valence-electron chi connectivity index (χ0n) is 10.3. The van der Waals surface area contributed by atoms with Gasteiger partial charge in [-0.3, -0.25) is 4.79 Å². The van der Waals surface area contributed by atoms with E-state index in [1.165, 1.54) is 4.90 Å². The second-order valence-corrected chi connectivity index (χ2v) is 4.64. The fourth-order valence-electron chi connectivity index (χ4n) is 2.36. The van der Waals surface area contributed by atoms with E-state index in [0.717, 1.165) is 31.4 Å². The summed E-state index contributed by atoms with van der Waals surface area (Å²) >= 11 is 0. The molecule has 1 aromatic rings. The molecule has 2 N–H and O–H groups in total. The molecule has 3 nitrogen and oxygen atoms in total.